The number of ether oxygens (including phenoxy) is 1. The Morgan fingerprint density at radius 3 is 2.60 bits per heavy atom. The van der Waals surface area contributed by atoms with Gasteiger partial charge in [0, 0.05) is 6.04 Å². The van der Waals surface area contributed by atoms with Gasteiger partial charge in [0.05, 0.1) is 5.02 Å². The van der Waals surface area contributed by atoms with E-state index in [-0.39, 0.29) is 11.1 Å². The summed E-state index contributed by atoms with van der Waals surface area (Å²) in [6, 6.07) is 10.4. The minimum Gasteiger partial charge on any atom is -0.489 e. The van der Waals surface area contributed by atoms with Crippen molar-refractivity contribution in [2.75, 3.05) is 0 Å². The van der Waals surface area contributed by atoms with E-state index in [1.54, 1.807) is 12.1 Å². The molecule has 20 heavy (non-hydrogen) atoms. The molecule has 0 aliphatic rings. The quantitative estimate of drug-likeness (QED) is 0.907. The molecule has 0 radical (unpaired) electrons. The average molecular weight is 294 g/mol. The van der Waals surface area contributed by atoms with Crippen molar-refractivity contribution in [3.63, 3.8) is 0 Å². The smallest absolute Gasteiger partial charge is 0.141 e. The first-order chi connectivity index (χ1) is 9.47. The number of hydrogen-bond donors (Lipinski definition) is 1. The number of halogens is 2. The third-order valence-corrected chi connectivity index (χ3v) is 3.39. The van der Waals surface area contributed by atoms with Crippen LogP contribution in [0, 0.1) is 12.7 Å². The molecule has 2 N–H and O–H groups in total. The van der Waals surface area contributed by atoms with Gasteiger partial charge in [-0.15, -0.1) is 0 Å². The van der Waals surface area contributed by atoms with Crippen LogP contribution in [0.1, 0.15) is 29.7 Å². The Kier molecular flexibility index (Phi) is 4.63. The molecule has 0 spiro atoms. The van der Waals surface area contributed by atoms with Crippen molar-refractivity contribution in [3.05, 3.63) is 63.9 Å². The van der Waals surface area contributed by atoms with E-state index in [0.717, 1.165) is 22.4 Å². The van der Waals surface area contributed by atoms with Crippen LogP contribution in [0.2, 0.25) is 5.02 Å². The Hall–Kier alpha value is -1.58. The fourth-order valence-electron chi connectivity index (χ4n) is 1.91. The van der Waals surface area contributed by atoms with Crippen LogP contribution in [0.5, 0.6) is 5.75 Å². The fourth-order valence-corrected chi connectivity index (χ4v) is 2.11. The van der Waals surface area contributed by atoms with E-state index in [2.05, 4.69) is 0 Å². The summed E-state index contributed by atoms with van der Waals surface area (Å²) in [5.74, 6) is 0.364. The minimum atomic E-state index is -0.423. The molecule has 0 saturated heterocycles. The Morgan fingerprint density at radius 2 is 2.00 bits per heavy atom. The molecular weight excluding hydrogens is 277 g/mol. The first kappa shape index (κ1) is 14.8. The summed E-state index contributed by atoms with van der Waals surface area (Å²) >= 11 is 5.74. The summed E-state index contributed by atoms with van der Waals surface area (Å²) in [6.07, 6.45) is 0. The summed E-state index contributed by atoms with van der Waals surface area (Å²) in [6.45, 7) is 4.26. The highest BCUT2D eigenvalue weighted by Crippen LogP contribution is 2.23. The van der Waals surface area contributed by atoms with E-state index >= 15 is 0 Å². The van der Waals surface area contributed by atoms with Gasteiger partial charge in [-0.3, -0.25) is 0 Å². The monoisotopic (exact) mass is 293 g/mol. The van der Waals surface area contributed by atoms with Crippen LogP contribution in [0.15, 0.2) is 36.4 Å². The molecule has 2 aromatic rings. The van der Waals surface area contributed by atoms with E-state index in [4.69, 9.17) is 22.1 Å². The summed E-state index contributed by atoms with van der Waals surface area (Å²) in [5, 5.41) is 0.107. The molecule has 0 bridgehead atoms. The Labute approximate surface area is 123 Å². The Morgan fingerprint density at radius 1 is 1.25 bits per heavy atom. The van der Waals surface area contributed by atoms with Crippen molar-refractivity contribution in [3.8, 4) is 5.75 Å². The maximum absolute atomic E-state index is 13.1. The van der Waals surface area contributed by atoms with Gasteiger partial charge in [0.1, 0.15) is 18.2 Å². The van der Waals surface area contributed by atoms with Crippen LogP contribution in [0.25, 0.3) is 0 Å². The zero-order valence-corrected chi connectivity index (χ0v) is 12.2. The van der Waals surface area contributed by atoms with Crippen LogP contribution < -0.4 is 10.5 Å². The molecule has 0 fully saturated rings. The Bertz CT molecular complexity index is 613. The standard InChI is InChI=1S/C16H17ClFNO/c1-10-7-13(11(2)19)4-6-16(10)20-9-12-3-5-15(18)14(17)8-12/h3-8,11H,9,19H2,1-2H3/t11-/m0/s1. The third-order valence-electron chi connectivity index (χ3n) is 3.10. The molecule has 0 aliphatic heterocycles. The van der Waals surface area contributed by atoms with Gasteiger partial charge in [-0.1, -0.05) is 29.8 Å². The summed E-state index contributed by atoms with van der Waals surface area (Å²) in [4.78, 5) is 0. The van der Waals surface area contributed by atoms with Crippen molar-refractivity contribution in [2.45, 2.75) is 26.5 Å². The van der Waals surface area contributed by atoms with Crippen LogP contribution in [-0.2, 0) is 6.61 Å². The van der Waals surface area contributed by atoms with E-state index < -0.39 is 5.82 Å². The van der Waals surface area contributed by atoms with Crippen molar-refractivity contribution < 1.29 is 9.13 Å². The second-order valence-corrected chi connectivity index (χ2v) is 5.26. The minimum absolute atomic E-state index is 0.00125. The molecular formula is C16H17ClFNO. The molecule has 0 heterocycles. The molecule has 0 saturated carbocycles. The molecule has 2 aromatic carbocycles. The van der Waals surface area contributed by atoms with Gasteiger partial charge in [0.25, 0.3) is 0 Å². The van der Waals surface area contributed by atoms with Crippen LogP contribution in [0.4, 0.5) is 4.39 Å². The van der Waals surface area contributed by atoms with Gasteiger partial charge in [-0.2, -0.15) is 0 Å². The van der Waals surface area contributed by atoms with Crippen LogP contribution >= 0.6 is 11.6 Å². The zero-order chi connectivity index (χ0) is 14.7. The van der Waals surface area contributed by atoms with Crippen molar-refractivity contribution in [1.82, 2.24) is 0 Å². The molecule has 1 atom stereocenters. The number of nitrogens with two attached hydrogens (primary N) is 1. The molecule has 0 unspecified atom stereocenters. The van der Waals surface area contributed by atoms with E-state index in [1.165, 1.54) is 6.07 Å². The number of benzene rings is 2. The second-order valence-electron chi connectivity index (χ2n) is 4.85. The fraction of sp³-hybridized carbons (Fsp3) is 0.250. The van der Waals surface area contributed by atoms with Gasteiger partial charge < -0.3 is 10.5 Å². The lowest BCUT2D eigenvalue weighted by Crippen LogP contribution is -2.05. The Balaban J connectivity index is 2.09. The van der Waals surface area contributed by atoms with E-state index in [9.17, 15) is 4.39 Å². The maximum atomic E-state index is 13.1. The SMILES string of the molecule is Cc1cc([C@H](C)N)ccc1OCc1ccc(F)c(Cl)c1. The van der Waals surface area contributed by atoms with Crippen LogP contribution in [-0.4, -0.2) is 0 Å². The van der Waals surface area contributed by atoms with Crippen LogP contribution in [0.3, 0.4) is 0 Å². The highest BCUT2D eigenvalue weighted by Gasteiger charge is 2.06. The largest absolute Gasteiger partial charge is 0.489 e. The number of aryl methyl sites for hydroxylation is 1. The topological polar surface area (TPSA) is 35.2 Å². The lowest BCUT2D eigenvalue weighted by atomic mass is 10.1. The average Bonchev–Trinajstić information content (AvgIpc) is 2.41. The highest BCUT2D eigenvalue weighted by molar-refractivity contribution is 6.30. The number of hydrogen-bond acceptors (Lipinski definition) is 2. The van der Waals surface area contributed by atoms with Crippen molar-refractivity contribution in [2.24, 2.45) is 5.73 Å². The van der Waals surface area contributed by atoms with Gasteiger partial charge in [0.15, 0.2) is 0 Å². The molecule has 2 nitrogen and oxygen atoms in total. The first-order valence-corrected chi connectivity index (χ1v) is 6.78. The lowest BCUT2D eigenvalue weighted by Gasteiger charge is -2.12. The van der Waals surface area contributed by atoms with E-state index in [1.807, 2.05) is 32.0 Å². The normalized spacial score (nSPS) is 12.2. The second kappa shape index (κ2) is 6.25. The molecule has 4 heteroatoms. The first-order valence-electron chi connectivity index (χ1n) is 6.40. The predicted octanol–water partition coefficient (Wildman–Crippen LogP) is 4.39. The molecule has 2 rings (SSSR count). The third kappa shape index (κ3) is 3.50. The van der Waals surface area contributed by atoms with Gasteiger partial charge in [-0.05, 0) is 48.7 Å². The van der Waals surface area contributed by atoms with Crippen molar-refractivity contribution in [1.29, 1.82) is 0 Å². The zero-order valence-electron chi connectivity index (χ0n) is 11.5. The summed E-state index contributed by atoms with van der Waals surface area (Å²) in [5.41, 5.74) is 8.75. The van der Waals surface area contributed by atoms with Gasteiger partial charge >= 0.3 is 0 Å². The predicted molar refractivity (Wildman–Crippen MR) is 79.5 cm³/mol. The number of rotatable bonds is 4. The van der Waals surface area contributed by atoms with Gasteiger partial charge in [0.2, 0.25) is 0 Å². The molecule has 0 amide bonds. The van der Waals surface area contributed by atoms with Gasteiger partial charge in [-0.25, -0.2) is 4.39 Å². The van der Waals surface area contributed by atoms with E-state index in [0.29, 0.717) is 6.61 Å². The van der Waals surface area contributed by atoms with Crippen molar-refractivity contribution >= 4 is 11.6 Å². The summed E-state index contributed by atoms with van der Waals surface area (Å²) in [7, 11) is 0. The molecule has 0 aromatic heterocycles. The highest BCUT2D eigenvalue weighted by atomic mass is 35.5. The summed E-state index contributed by atoms with van der Waals surface area (Å²) < 4.78 is 18.8. The molecule has 0 aliphatic carbocycles. The maximum Gasteiger partial charge on any atom is 0.141 e. The lowest BCUT2D eigenvalue weighted by molar-refractivity contribution is 0.304. The molecule has 106 valence electrons.